The van der Waals surface area contributed by atoms with Crippen LogP contribution < -0.4 is 5.73 Å². The molecule has 2 heterocycles. The second-order valence-corrected chi connectivity index (χ2v) is 6.49. The van der Waals surface area contributed by atoms with Gasteiger partial charge in [-0.3, -0.25) is 4.79 Å². The number of carboxylic acids is 2. The van der Waals surface area contributed by atoms with Crippen molar-refractivity contribution in [2.45, 2.75) is 6.42 Å². The molecule has 0 spiro atoms. The second-order valence-electron chi connectivity index (χ2n) is 6.49. The van der Waals surface area contributed by atoms with Gasteiger partial charge in [-0.05, 0) is 56.9 Å². The molecular formula is C20H20FN3O6. The molecule has 0 aliphatic heterocycles. The van der Waals surface area contributed by atoms with Crippen LogP contribution in [0.3, 0.4) is 0 Å². The highest BCUT2D eigenvalue weighted by Crippen LogP contribution is 2.27. The third kappa shape index (κ3) is 5.61. The number of hydrogen-bond acceptors (Lipinski definition) is 7. The van der Waals surface area contributed by atoms with Crippen molar-refractivity contribution in [1.82, 2.24) is 9.88 Å². The van der Waals surface area contributed by atoms with Crippen LogP contribution >= 0.6 is 0 Å². The summed E-state index contributed by atoms with van der Waals surface area (Å²) >= 11 is 0. The molecule has 1 aromatic carbocycles. The topological polar surface area (TPSA) is 147 Å². The maximum Gasteiger partial charge on any atom is 0.414 e. The number of carboxylic acid groups (broad SMARTS) is 2. The van der Waals surface area contributed by atoms with Gasteiger partial charge < -0.3 is 25.3 Å². The lowest BCUT2D eigenvalue weighted by Crippen LogP contribution is -2.15. The molecule has 0 amide bonds. The number of nitrogens with zero attached hydrogens (tertiary/aromatic N) is 2. The van der Waals surface area contributed by atoms with E-state index in [4.69, 9.17) is 30.0 Å². The van der Waals surface area contributed by atoms with E-state index in [-0.39, 0.29) is 17.3 Å². The minimum atomic E-state index is -1.82. The van der Waals surface area contributed by atoms with Crippen LogP contribution in [0.1, 0.15) is 21.6 Å². The average Bonchev–Trinajstić information content (AvgIpc) is 3.01. The van der Waals surface area contributed by atoms with Crippen molar-refractivity contribution in [3.8, 4) is 0 Å². The molecule has 3 aromatic rings. The van der Waals surface area contributed by atoms with Gasteiger partial charge in [-0.1, -0.05) is 0 Å². The molecule has 0 radical (unpaired) electrons. The van der Waals surface area contributed by atoms with E-state index in [1.54, 1.807) is 12.1 Å². The van der Waals surface area contributed by atoms with E-state index in [2.05, 4.69) is 4.98 Å². The SMILES string of the molecule is CN(C)CCc1c(N)oc2ccc(C(=O)c3ccc(F)cc3)nc12.O=C(O)C(=O)O. The molecular weight excluding hydrogens is 397 g/mol. The quantitative estimate of drug-likeness (QED) is 0.419. The Kier molecular flexibility index (Phi) is 7.21. The van der Waals surface area contributed by atoms with Crippen LogP contribution in [-0.2, 0) is 16.0 Å². The summed E-state index contributed by atoms with van der Waals surface area (Å²) in [6.45, 7) is 0.788. The summed E-state index contributed by atoms with van der Waals surface area (Å²) in [5.41, 5.74) is 8.55. The van der Waals surface area contributed by atoms with Gasteiger partial charge in [0, 0.05) is 17.7 Å². The van der Waals surface area contributed by atoms with Gasteiger partial charge >= 0.3 is 11.9 Å². The zero-order valence-electron chi connectivity index (χ0n) is 16.3. The normalized spacial score (nSPS) is 10.5. The molecule has 9 nitrogen and oxygen atoms in total. The Morgan fingerprint density at radius 3 is 2.20 bits per heavy atom. The number of carbonyl (C=O) groups excluding carboxylic acids is 1. The van der Waals surface area contributed by atoms with E-state index < -0.39 is 11.9 Å². The Labute approximate surface area is 170 Å². The van der Waals surface area contributed by atoms with E-state index in [0.29, 0.717) is 29.0 Å². The average molecular weight is 417 g/mol. The summed E-state index contributed by atoms with van der Waals surface area (Å²) < 4.78 is 18.5. The molecule has 10 heteroatoms. The Hall–Kier alpha value is -3.79. The maximum atomic E-state index is 13.0. The lowest BCUT2D eigenvalue weighted by Gasteiger charge is -2.08. The second kappa shape index (κ2) is 9.61. The molecule has 0 aliphatic carbocycles. The molecule has 30 heavy (non-hydrogen) atoms. The molecule has 158 valence electrons. The number of carbonyl (C=O) groups is 3. The van der Waals surface area contributed by atoms with Gasteiger partial charge in [0.1, 0.15) is 17.0 Å². The summed E-state index contributed by atoms with van der Waals surface area (Å²) in [5.74, 6) is -3.98. The van der Waals surface area contributed by atoms with Crippen molar-refractivity contribution < 1.29 is 33.4 Å². The number of furan rings is 1. The molecule has 0 fully saturated rings. The van der Waals surface area contributed by atoms with Gasteiger partial charge in [0.2, 0.25) is 5.78 Å². The number of nitrogens with two attached hydrogens (primary N) is 1. The standard InChI is InChI=1S/C18H18FN3O2.C2H2O4/c1-22(2)10-9-13-16-15(24-18(13)20)8-7-14(21-16)17(23)11-3-5-12(19)6-4-11;3-1(4)2(5)6/h3-8H,9-10,20H2,1-2H3;(H,3,4)(H,5,6). The molecule has 3 rings (SSSR count). The Bertz CT molecular complexity index is 1060. The predicted octanol–water partition coefficient (Wildman–Crippen LogP) is 2.04. The molecule has 0 aliphatic rings. The van der Waals surface area contributed by atoms with Crippen LogP contribution in [0.2, 0.25) is 0 Å². The van der Waals surface area contributed by atoms with Crippen LogP contribution in [-0.4, -0.2) is 58.5 Å². The number of likely N-dealkylation sites (N-methyl/N-ethyl adjacent to an activating group) is 1. The number of halogens is 1. The van der Waals surface area contributed by atoms with Crippen molar-refractivity contribution in [2.75, 3.05) is 26.4 Å². The van der Waals surface area contributed by atoms with Crippen LogP contribution in [0.5, 0.6) is 0 Å². The fourth-order valence-electron chi connectivity index (χ4n) is 2.49. The minimum Gasteiger partial charge on any atom is -0.473 e. The van der Waals surface area contributed by atoms with Crippen molar-refractivity contribution in [2.24, 2.45) is 0 Å². The van der Waals surface area contributed by atoms with Crippen LogP contribution in [0.15, 0.2) is 40.8 Å². The third-order valence-corrected chi connectivity index (χ3v) is 3.99. The fraction of sp³-hybridized carbons (Fsp3) is 0.200. The number of hydrogen-bond donors (Lipinski definition) is 3. The van der Waals surface area contributed by atoms with Crippen LogP contribution in [0.4, 0.5) is 10.3 Å². The van der Waals surface area contributed by atoms with Gasteiger partial charge in [0.25, 0.3) is 0 Å². The molecule has 4 N–H and O–H groups in total. The molecule has 0 saturated carbocycles. The number of aromatic nitrogens is 1. The number of benzene rings is 1. The van der Waals surface area contributed by atoms with Gasteiger partial charge in [-0.15, -0.1) is 0 Å². The van der Waals surface area contributed by atoms with Gasteiger partial charge in [0.05, 0.1) is 0 Å². The lowest BCUT2D eigenvalue weighted by molar-refractivity contribution is -0.159. The van der Waals surface area contributed by atoms with Gasteiger partial charge in [-0.25, -0.2) is 19.0 Å². The number of pyridine rings is 1. The number of rotatable bonds is 5. The van der Waals surface area contributed by atoms with Crippen LogP contribution in [0.25, 0.3) is 11.1 Å². The number of aliphatic carboxylic acids is 2. The smallest absolute Gasteiger partial charge is 0.414 e. The van der Waals surface area contributed by atoms with Crippen LogP contribution in [0, 0.1) is 5.82 Å². The first-order valence-electron chi connectivity index (χ1n) is 8.69. The molecule has 0 bridgehead atoms. The van der Waals surface area contributed by atoms with E-state index in [1.807, 2.05) is 19.0 Å². The zero-order valence-corrected chi connectivity index (χ0v) is 16.3. The minimum absolute atomic E-state index is 0.268. The number of anilines is 1. The molecule has 0 atom stereocenters. The Morgan fingerprint density at radius 1 is 1.07 bits per heavy atom. The molecule has 0 unspecified atom stereocenters. The Morgan fingerprint density at radius 2 is 1.67 bits per heavy atom. The number of fused-ring (bicyclic) bond motifs is 1. The highest BCUT2D eigenvalue weighted by molar-refractivity contribution is 6.27. The first-order valence-corrected chi connectivity index (χ1v) is 8.69. The highest BCUT2D eigenvalue weighted by atomic mass is 19.1. The monoisotopic (exact) mass is 417 g/mol. The third-order valence-electron chi connectivity index (χ3n) is 3.99. The predicted molar refractivity (Wildman–Crippen MR) is 106 cm³/mol. The van der Waals surface area contributed by atoms with E-state index in [0.717, 1.165) is 12.1 Å². The lowest BCUT2D eigenvalue weighted by atomic mass is 10.1. The summed E-state index contributed by atoms with van der Waals surface area (Å²) in [6, 6.07) is 8.68. The summed E-state index contributed by atoms with van der Waals surface area (Å²) in [7, 11) is 3.94. The Balaban J connectivity index is 0.000000469. The number of nitrogen functional groups attached to an aromatic ring is 1. The van der Waals surface area contributed by atoms with Crippen molar-refractivity contribution in [3.05, 3.63) is 59.0 Å². The number of ketones is 1. The molecule has 2 aromatic heterocycles. The summed E-state index contributed by atoms with van der Waals surface area (Å²) in [4.78, 5) is 37.2. The van der Waals surface area contributed by atoms with E-state index in [9.17, 15) is 9.18 Å². The van der Waals surface area contributed by atoms with Crippen molar-refractivity contribution >= 4 is 34.7 Å². The summed E-state index contributed by atoms with van der Waals surface area (Å²) in [5, 5.41) is 14.8. The largest absolute Gasteiger partial charge is 0.473 e. The zero-order chi connectivity index (χ0) is 22.4. The summed E-state index contributed by atoms with van der Waals surface area (Å²) in [6.07, 6.45) is 0.674. The fourth-order valence-corrected chi connectivity index (χ4v) is 2.49. The van der Waals surface area contributed by atoms with E-state index in [1.165, 1.54) is 24.3 Å². The maximum absolute atomic E-state index is 13.0. The van der Waals surface area contributed by atoms with Crippen molar-refractivity contribution in [1.29, 1.82) is 0 Å². The molecule has 0 saturated heterocycles. The first kappa shape index (κ1) is 22.5. The van der Waals surface area contributed by atoms with Crippen molar-refractivity contribution in [3.63, 3.8) is 0 Å². The van der Waals surface area contributed by atoms with E-state index >= 15 is 0 Å². The van der Waals surface area contributed by atoms with Gasteiger partial charge in [-0.2, -0.15) is 0 Å². The first-order chi connectivity index (χ1) is 14.1. The van der Waals surface area contributed by atoms with Gasteiger partial charge in [0.15, 0.2) is 11.5 Å². The highest BCUT2D eigenvalue weighted by Gasteiger charge is 2.17.